The van der Waals surface area contributed by atoms with Crippen molar-refractivity contribution in [1.29, 1.82) is 0 Å². The van der Waals surface area contributed by atoms with Crippen LogP contribution < -0.4 is 4.90 Å². The maximum atomic E-state index is 2.53. The monoisotopic (exact) mass is 669 g/mol. The van der Waals surface area contributed by atoms with Crippen molar-refractivity contribution in [1.82, 2.24) is 0 Å². The molecule has 1 unspecified atom stereocenters. The van der Waals surface area contributed by atoms with Crippen LogP contribution in [0.2, 0.25) is 0 Å². The molecule has 0 radical (unpaired) electrons. The summed E-state index contributed by atoms with van der Waals surface area (Å²) in [7, 11) is 0. The molecule has 10 rings (SSSR count). The Labute approximate surface area is 308 Å². The van der Waals surface area contributed by atoms with Crippen LogP contribution in [-0.4, -0.2) is 0 Å². The third-order valence-corrected chi connectivity index (χ3v) is 12.3. The van der Waals surface area contributed by atoms with E-state index in [9.17, 15) is 0 Å². The minimum absolute atomic E-state index is 0.0226. The number of para-hydroxylation sites is 1. The molecule has 1 heteroatoms. The molecule has 3 aliphatic carbocycles. The highest BCUT2D eigenvalue weighted by atomic mass is 15.1. The molecule has 7 aromatic carbocycles. The summed E-state index contributed by atoms with van der Waals surface area (Å²) in [6, 6.07) is 57.6. The standard InChI is InChI=1S/C51H43N/c1-32-23-26-38-39-27-24-33(49(2,3)4)30-46(39)51(45(38)29-32)42-20-13-11-18-40(42)48-43(51)21-14-22-47(48)52(34-15-8-7-9-16-34)35-25-28-37-36-17-10-12-19-41(36)50(5,6)44(37)31-35/h7-31H,1-6H3. The zero-order valence-corrected chi connectivity index (χ0v) is 30.9. The summed E-state index contributed by atoms with van der Waals surface area (Å²) in [5.41, 5.74) is 22.0. The highest BCUT2D eigenvalue weighted by Crippen LogP contribution is 2.65. The molecular formula is C51H43N. The lowest BCUT2D eigenvalue weighted by atomic mass is 9.69. The molecule has 0 aliphatic heterocycles. The average molecular weight is 670 g/mol. The number of hydrogen-bond donors (Lipinski definition) is 0. The fourth-order valence-corrected chi connectivity index (χ4v) is 9.82. The highest BCUT2D eigenvalue weighted by molar-refractivity contribution is 6.01. The molecule has 0 saturated carbocycles. The summed E-state index contributed by atoms with van der Waals surface area (Å²) in [6.07, 6.45) is 0. The minimum Gasteiger partial charge on any atom is -0.310 e. The van der Waals surface area contributed by atoms with Gasteiger partial charge in [-0.15, -0.1) is 0 Å². The van der Waals surface area contributed by atoms with Gasteiger partial charge in [0, 0.05) is 22.4 Å². The number of aryl methyl sites for hydroxylation is 1. The lowest BCUT2D eigenvalue weighted by molar-refractivity contribution is 0.588. The predicted molar refractivity (Wildman–Crippen MR) is 218 cm³/mol. The Kier molecular flexibility index (Phi) is 6.39. The first-order chi connectivity index (χ1) is 25.1. The minimum atomic E-state index is -0.427. The number of nitrogens with zero attached hydrogens (tertiary/aromatic N) is 1. The van der Waals surface area contributed by atoms with E-state index < -0.39 is 5.41 Å². The van der Waals surface area contributed by atoms with E-state index in [1.807, 2.05) is 0 Å². The van der Waals surface area contributed by atoms with Crippen LogP contribution in [0.5, 0.6) is 0 Å². The smallest absolute Gasteiger partial charge is 0.0726 e. The number of hydrogen-bond acceptors (Lipinski definition) is 1. The predicted octanol–water partition coefficient (Wildman–Crippen LogP) is 13.4. The Morgan fingerprint density at radius 2 is 1.04 bits per heavy atom. The third kappa shape index (κ3) is 4.05. The van der Waals surface area contributed by atoms with Gasteiger partial charge in [-0.05, 0) is 109 Å². The van der Waals surface area contributed by atoms with Crippen LogP contribution in [0.15, 0.2) is 152 Å². The van der Waals surface area contributed by atoms with Gasteiger partial charge >= 0.3 is 0 Å². The topological polar surface area (TPSA) is 3.24 Å². The van der Waals surface area contributed by atoms with E-state index in [0.717, 1.165) is 5.69 Å². The molecule has 7 aromatic rings. The Balaban J connectivity index is 1.28. The molecule has 0 heterocycles. The third-order valence-electron chi connectivity index (χ3n) is 12.3. The maximum Gasteiger partial charge on any atom is 0.0726 e. The SMILES string of the molecule is Cc1ccc2c(c1)C1(c3cc(C(C)(C)C)ccc3-2)c2ccccc2-c2c(N(c3ccccc3)c3ccc4c(c3)C(C)(C)c3ccccc3-4)cccc21. The van der Waals surface area contributed by atoms with Gasteiger partial charge in [0.05, 0.1) is 11.1 Å². The van der Waals surface area contributed by atoms with Crippen molar-refractivity contribution >= 4 is 17.1 Å². The van der Waals surface area contributed by atoms with E-state index in [0.29, 0.717) is 0 Å². The van der Waals surface area contributed by atoms with Crippen molar-refractivity contribution < 1.29 is 0 Å². The van der Waals surface area contributed by atoms with E-state index in [1.165, 1.54) is 89.3 Å². The van der Waals surface area contributed by atoms with Crippen LogP contribution in [0.25, 0.3) is 33.4 Å². The van der Waals surface area contributed by atoms with Gasteiger partial charge in [0.25, 0.3) is 0 Å². The van der Waals surface area contributed by atoms with Crippen LogP contribution in [0.1, 0.15) is 79.1 Å². The lowest BCUT2D eigenvalue weighted by Crippen LogP contribution is -2.27. The van der Waals surface area contributed by atoms with E-state index in [4.69, 9.17) is 0 Å². The van der Waals surface area contributed by atoms with Gasteiger partial charge in [0.15, 0.2) is 0 Å². The van der Waals surface area contributed by atoms with E-state index >= 15 is 0 Å². The Bertz CT molecular complexity index is 2600. The highest BCUT2D eigenvalue weighted by Gasteiger charge is 2.53. The fourth-order valence-electron chi connectivity index (χ4n) is 9.82. The van der Waals surface area contributed by atoms with Gasteiger partial charge in [-0.1, -0.05) is 162 Å². The van der Waals surface area contributed by atoms with Crippen LogP contribution >= 0.6 is 0 Å². The van der Waals surface area contributed by atoms with Gasteiger partial charge in [-0.2, -0.15) is 0 Å². The molecule has 0 aromatic heterocycles. The number of rotatable bonds is 3. The summed E-state index contributed by atoms with van der Waals surface area (Å²) in [6.45, 7) is 14.0. The second-order valence-corrected chi connectivity index (χ2v) is 16.6. The van der Waals surface area contributed by atoms with Gasteiger partial charge in [-0.25, -0.2) is 0 Å². The lowest BCUT2D eigenvalue weighted by Gasteiger charge is -2.33. The molecule has 252 valence electrons. The molecule has 3 aliphatic rings. The van der Waals surface area contributed by atoms with Crippen LogP contribution in [0, 0.1) is 6.92 Å². The number of fused-ring (bicyclic) bond motifs is 13. The van der Waals surface area contributed by atoms with Crippen LogP contribution in [-0.2, 0) is 16.2 Å². The molecule has 1 atom stereocenters. The van der Waals surface area contributed by atoms with Gasteiger partial charge < -0.3 is 4.90 Å². The zero-order valence-electron chi connectivity index (χ0n) is 30.9. The Morgan fingerprint density at radius 3 is 1.81 bits per heavy atom. The van der Waals surface area contributed by atoms with Crippen molar-refractivity contribution in [2.24, 2.45) is 0 Å². The largest absolute Gasteiger partial charge is 0.310 e. The van der Waals surface area contributed by atoms with Crippen molar-refractivity contribution in [2.75, 3.05) is 4.90 Å². The summed E-state index contributed by atoms with van der Waals surface area (Å²) in [5, 5.41) is 0. The maximum absolute atomic E-state index is 2.53. The molecule has 0 fully saturated rings. The molecule has 52 heavy (non-hydrogen) atoms. The van der Waals surface area contributed by atoms with Crippen LogP contribution in [0.3, 0.4) is 0 Å². The van der Waals surface area contributed by atoms with Crippen molar-refractivity contribution in [2.45, 2.75) is 57.8 Å². The van der Waals surface area contributed by atoms with E-state index in [-0.39, 0.29) is 10.8 Å². The normalized spacial score (nSPS) is 16.9. The van der Waals surface area contributed by atoms with Gasteiger partial charge in [0.2, 0.25) is 0 Å². The first kappa shape index (κ1) is 31.1. The molecular weight excluding hydrogens is 627 g/mol. The van der Waals surface area contributed by atoms with Crippen molar-refractivity contribution in [3.8, 4) is 33.4 Å². The zero-order chi connectivity index (χ0) is 35.6. The Hall–Kier alpha value is -5.66. The first-order valence-electron chi connectivity index (χ1n) is 18.7. The van der Waals surface area contributed by atoms with E-state index in [2.05, 4.69) is 198 Å². The summed E-state index contributed by atoms with van der Waals surface area (Å²) in [4.78, 5) is 2.51. The molecule has 0 amide bonds. The van der Waals surface area contributed by atoms with E-state index in [1.54, 1.807) is 0 Å². The fraction of sp³-hybridized carbons (Fsp3) is 0.176. The molecule has 0 saturated heterocycles. The van der Waals surface area contributed by atoms with Crippen molar-refractivity contribution in [3.63, 3.8) is 0 Å². The number of anilines is 3. The summed E-state index contributed by atoms with van der Waals surface area (Å²) < 4.78 is 0. The van der Waals surface area contributed by atoms with Gasteiger partial charge in [0.1, 0.15) is 0 Å². The average Bonchev–Trinajstić information content (AvgIpc) is 3.70. The van der Waals surface area contributed by atoms with Gasteiger partial charge in [-0.3, -0.25) is 0 Å². The van der Waals surface area contributed by atoms with Crippen molar-refractivity contribution in [3.05, 3.63) is 196 Å². The molecule has 0 N–H and O–H groups in total. The second-order valence-electron chi connectivity index (χ2n) is 16.6. The second kappa shape index (κ2) is 10.7. The molecule has 1 nitrogen and oxygen atoms in total. The number of benzene rings is 7. The Morgan fingerprint density at radius 1 is 0.442 bits per heavy atom. The molecule has 0 bridgehead atoms. The summed E-state index contributed by atoms with van der Waals surface area (Å²) >= 11 is 0. The molecule has 1 spiro atoms. The first-order valence-corrected chi connectivity index (χ1v) is 18.7. The van der Waals surface area contributed by atoms with Crippen LogP contribution in [0.4, 0.5) is 17.1 Å². The quantitative estimate of drug-likeness (QED) is 0.181. The summed E-state index contributed by atoms with van der Waals surface area (Å²) in [5.74, 6) is 0.